The van der Waals surface area contributed by atoms with E-state index in [9.17, 15) is 4.79 Å². The summed E-state index contributed by atoms with van der Waals surface area (Å²) in [5.41, 5.74) is 5.00. The lowest BCUT2D eigenvalue weighted by Crippen LogP contribution is -2.30. The first-order chi connectivity index (χ1) is 14.9. The van der Waals surface area contributed by atoms with Crippen molar-refractivity contribution in [3.05, 3.63) is 54.6 Å². The second-order valence-electron chi connectivity index (χ2n) is 7.57. The van der Waals surface area contributed by atoms with Gasteiger partial charge in [0, 0.05) is 37.0 Å². The fourth-order valence-corrected chi connectivity index (χ4v) is 3.56. The first-order valence-corrected chi connectivity index (χ1v) is 9.94. The summed E-state index contributed by atoms with van der Waals surface area (Å²) < 4.78 is 14.8. The summed E-state index contributed by atoms with van der Waals surface area (Å²) in [7, 11) is 4.97. The highest BCUT2D eigenvalue weighted by Gasteiger charge is 2.21. The molecule has 1 amide bonds. The largest absolute Gasteiger partial charge is 0.496 e. The number of ether oxygens (including phenoxy) is 2. The molecule has 0 aliphatic rings. The third kappa shape index (κ3) is 3.84. The van der Waals surface area contributed by atoms with E-state index in [4.69, 9.17) is 9.47 Å². The van der Waals surface area contributed by atoms with E-state index in [0.29, 0.717) is 17.1 Å². The molecule has 2 aromatic carbocycles. The number of rotatable bonds is 6. The molecule has 0 saturated heterocycles. The van der Waals surface area contributed by atoms with Crippen LogP contribution in [0.1, 0.15) is 24.2 Å². The lowest BCUT2D eigenvalue weighted by molar-refractivity contribution is 0.0937. The SMILES string of the molecule is COc1cc(-n2cnc3cc(-c4cnn(C)c4)ccc32)cc(OC)c1C(=O)NC(C)C. The van der Waals surface area contributed by atoms with Crippen LogP contribution in [0.3, 0.4) is 0 Å². The van der Waals surface area contributed by atoms with Gasteiger partial charge in [-0.1, -0.05) is 6.07 Å². The van der Waals surface area contributed by atoms with Crippen molar-refractivity contribution < 1.29 is 14.3 Å². The van der Waals surface area contributed by atoms with Gasteiger partial charge in [-0.2, -0.15) is 5.10 Å². The Balaban J connectivity index is 1.79. The number of fused-ring (bicyclic) bond motifs is 1. The Bertz CT molecular complexity index is 1230. The molecule has 0 spiro atoms. The van der Waals surface area contributed by atoms with Gasteiger partial charge in [0.05, 0.1) is 37.1 Å². The average Bonchev–Trinajstić information content (AvgIpc) is 3.37. The molecule has 2 heterocycles. The first kappa shape index (κ1) is 20.5. The maximum absolute atomic E-state index is 12.7. The minimum absolute atomic E-state index is 0.00630. The Labute approximate surface area is 180 Å². The fourth-order valence-electron chi connectivity index (χ4n) is 3.56. The Morgan fingerprint density at radius 2 is 1.77 bits per heavy atom. The Morgan fingerprint density at radius 1 is 1.06 bits per heavy atom. The number of methoxy groups -OCH3 is 2. The summed E-state index contributed by atoms with van der Waals surface area (Å²) in [5.74, 6) is 0.620. The van der Waals surface area contributed by atoms with Gasteiger partial charge < -0.3 is 14.8 Å². The second kappa shape index (κ2) is 8.14. The molecule has 0 saturated carbocycles. The van der Waals surface area contributed by atoms with Crippen molar-refractivity contribution in [3.8, 4) is 28.3 Å². The molecule has 0 aliphatic carbocycles. The van der Waals surface area contributed by atoms with Crippen molar-refractivity contribution in [2.45, 2.75) is 19.9 Å². The van der Waals surface area contributed by atoms with E-state index >= 15 is 0 Å². The van der Waals surface area contributed by atoms with Crippen LogP contribution in [0.4, 0.5) is 0 Å². The van der Waals surface area contributed by atoms with Gasteiger partial charge in [0.15, 0.2) is 0 Å². The first-order valence-electron chi connectivity index (χ1n) is 9.94. The van der Waals surface area contributed by atoms with Crippen LogP contribution in [0, 0.1) is 0 Å². The van der Waals surface area contributed by atoms with Crippen LogP contribution in [-0.4, -0.2) is 45.5 Å². The zero-order valence-corrected chi connectivity index (χ0v) is 18.2. The maximum atomic E-state index is 12.7. The predicted molar refractivity (Wildman–Crippen MR) is 119 cm³/mol. The molecular weight excluding hydrogens is 394 g/mol. The summed E-state index contributed by atoms with van der Waals surface area (Å²) in [4.78, 5) is 17.3. The van der Waals surface area contributed by atoms with E-state index in [0.717, 1.165) is 27.8 Å². The average molecular weight is 419 g/mol. The lowest BCUT2D eigenvalue weighted by atomic mass is 10.1. The van der Waals surface area contributed by atoms with Crippen molar-refractivity contribution in [2.24, 2.45) is 7.05 Å². The third-order valence-corrected chi connectivity index (χ3v) is 5.00. The van der Waals surface area contributed by atoms with Crippen LogP contribution in [0.15, 0.2) is 49.1 Å². The van der Waals surface area contributed by atoms with Gasteiger partial charge in [-0.15, -0.1) is 0 Å². The molecular formula is C23H25N5O3. The molecule has 31 heavy (non-hydrogen) atoms. The monoisotopic (exact) mass is 419 g/mol. The molecule has 0 unspecified atom stereocenters. The third-order valence-electron chi connectivity index (χ3n) is 5.00. The number of nitrogens with one attached hydrogen (secondary N) is 1. The zero-order valence-electron chi connectivity index (χ0n) is 18.2. The summed E-state index contributed by atoms with van der Waals surface area (Å²) >= 11 is 0. The number of amides is 1. The van der Waals surface area contributed by atoms with Crippen LogP contribution < -0.4 is 14.8 Å². The highest BCUT2D eigenvalue weighted by atomic mass is 16.5. The Hall–Kier alpha value is -3.81. The molecule has 0 aliphatic heterocycles. The predicted octanol–water partition coefficient (Wildman–Crippen LogP) is 3.58. The van der Waals surface area contributed by atoms with E-state index in [1.807, 2.05) is 68.2 Å². The Kier molecular flexibility index (Phi) is 5.37. The van der Waals surface area contributed by atoms with Gasteiger partial charge in [0.2, 0.25) is 0 Å². The number of benzene rings is 2. The Morgan fingerprint density at radius 3 is 2.35 bits per heavy atom. The molecule has 8 heteroatoms. The summed E-state index contributed by atoms with van der Waals surface area (Å²) in [5, 5.41) is 7.13. The lowest BCUT2D eigenvalue weighted by Gasteiger charge is -2.17. The molecule has 0 fully saturated rings. The molecule has 0 bridgehead atoms. The number of aryl methyl sites for hydroxylation is 1. The van der Waals surface area contributed by atoms with Gasteiger partial charge >= 0.3 is 0 Å². The van der Waals surface area contributed by atoms with Crippen LogP contribution >= 0.6 is 0 Å². The molecule has 8 nitrogen and oxygen atoms in total. The summed E-state index contributed by atoms with van der Waals surface area (Å²) in [6, 6.07) is 9.71. The van der Waals surface area contributed by atoms with Gasteiger partial charge in [0.1, 0.15) is 23.4 Å². The number of aromatic nitrogens is 4. The maximum Gasteiger partial charge on any atom is 0.259 e. The van der Waals surface area contributed by atoms with Gasteiger partial charge in [0.25, 0.3) is 5.91 Å². The molecule has 1 N–H and O–H groups in total. The summed E-state index contributed by atoms with van der Waals surface area (Å²) in [6.45, 7) is 3.81. The number of carbonyl (C=O) groups excluding carboxylic acids is 1. The number of hydrogen-bond acceptors (Lipinski definition) is 5. The minimum Gasteiger partial charge on any atom is -0.496 e. The standard InChI is InChI=1S/C23H25N5O3/c1-14(2)26-23(29)22-20(30-4)9-17(10-21(22)31-5)28-13-24-18-8-15(6-7-19(18)28)16-11-25-27(3)12-16/h6-14H,1-5H3,(H,26,29). The van der Waals surface area contributed by atoms with Gasteiger partial charge in [-0.3, -0.25) is 14.0 Å². The highest BCUT2D eigenvalue weighted by molar-refractivity contribution is 6.00. The quantitative estimate of drug-likeness (QED) is 0.516. The van der Waals surface area contributed by atoms with Crippen molar-refractivity contribution in [1.29, 1.82) is 0 Å². The van der Waals surface area contributed by atoms with Crippen LogP contribution in [-0.2, 0) is 7.05 Å². The van der Waals surface area contributed by atoms with E-state index in [-0.39, 0.29) is 11.9 Å². The van der Waals surface area contributed by atoms with E-state index < -0.39 is 0 Å². The number of nitrogens with zero attached hydrogens (tertiary/aromatic N) is 4. The molecule has 4 aromatic rings. The van der Waals surface area contributed by atoms with Gasteiger partial charge in [-0.05, 0) is 31.5 Å². The highest BCUT2D eigenvalue weighted by Crippen LogP contribution is 2.34. The fraction of sp³-hybridized carbons (Fsp3) is 0.261. The van der Waals surface area contributed by atoms with Crippen LogP contribution in [0.25, 0.3) is 27.8 Å². The van der Waals surface area contributed by atoms with E-state index in [1.165, 1.54) is 14.2 Å². The van der Waals surface area contributed by atoms with Crippen LogP contribution in [0.2, 0.25) is 0 Å². The normalized spacial score (nSPS) is 11.2. The van der Waals surface area contributed by atoms with E-state index in [1.54, 1.807) is 11.0 Å². The second-order valence-corrected chi connectivity index (χ2v) is 7.57. The molecule has 4 rings (SSSR count). The van der Waals surface area contributed by atoms with Crippen molar-refractivity contribution in [2.75, 3.05) is 14.2 Å². The minimum atomic E-state index is -0.244. The van der Waals surface area contributed by atoms with Crippen LogP contribution in [0.5, 0.6) is 11.5 Å². The smallest absolute Gasteiger partial charge is 0.259 e. The van der Waals surface area contributed by atoms with Crippen molar-refractivity contribution >= 4 is 16.9 Å². The molecule has 0 atom stereocenters. The number of imidazole rings is 1. The van der Waals surface area contributed by atoms with Crippen molar-refractivity contribution in [1.82, 2.24) is 24.6 Å². The number of carbonyl (C=O) groups is 1. The topological polar surface area (TPSA) is 83.2 Å². The molecule has 160 valence electrons. The number of hydrogen-bond donors (Lipinski definition) is 1. The van der Waals surface area contributed by atoms with Gasteiger partial charge in [-0.25, -0.2) is 4.98 Å². The van der Waals surface area contributed by atoms with E-state index in [2.05, 4.69) is 15.4 Å². The zero-order chi connectivity index (χ0) is 22.1. The molecule has 2 aromatic heterocycles. The van der Waals surface area contributed by atoms with Crippen molar-refractivity contribution in [3.63, 3.8) is 0 Å². The molecule has 0 radical (unpaired) electrons. The summed E-state index contributed by atoms with van der Waals surface area (Å²) in [6.07, 6.45) is 5.55.